The number of benzene rings is 1. The Hall–Kier alpha value is -3.09. The van der Waals surface area contributed by atoms with Crippen molar-refractivity contribution in [1.82, 2.24) is 14.8 Å². The van der Waals surface area contributed by atoms with Crippen LogP contribution in [-0.2, 0) is 11.2 Å². The van der Waals surface area contributed by atoms with E-state index in [9.17, 15) is 9.59 Å². The maximum Gasteiger partial charge on any atom is 0.255 e. The third-order valence-electron chi connectivity index (χ3n) is 5.20. The van der Waals surface area contributed by atoms with Crippen molar-refractivity contribution >= 4 is 11.8 Å². The highest BCUT2D eigenvalue weighted by Gasteiger charge is 2.22. The number of ether oxygens (including phenoxy) is 2. The zero-order chi connectivity index (χ0) is 21.3. The zero-order valence-electron chi connectivity index (χ0n) is 17.7. The molecule has 7 nitrogen and oxygen atoms in total. The maximum atomic E-state index is 12.8. The third kappa shape index (κ3) is 5.49. The summed E-state index contributed by atoms with van der Waals surface area (Å²) >= 11 is 0. The summed E-state index contributed by atoms with van der Waals surface area (Å²) in [5.41, 5.74) is 1.62. The predicted molar refractivity (Wildman–Crippen MR) is 114 cm³/mol. The number of carbonyl (C=O) groups excluding carboxylic acids is 2. The minimum Gasteiger partial charge on any atom is -0.493 e. The molecule has 0 spiro atoms. The molecule has 160 valence electrons. The summed E-state index contributed by atoms with van der Waals surface area (Å²) in [6.45, 7) is 4.91. The number of aryl methyl sites for hydroxylation is 1. The average molecular weight is 412 g/mol. The van der Waals surface area contributed by atoms with Gasteiger partial charge >= 0.3 is 0 Å². The fraction of sp³-hybridized carbons (Fsp3) is 0.435. The first-order valence-corrected chi connectivity index (χ1v) is 10.4. The Bertz CT molecular complexity index is 857. The van der Waals surface area contributed by atoms with Gasteiger partial charge in [-0.15, -0.1) is 0 Å². The van der Waals surface area contributed by atoms with Gasteiger partial charge < -0.3 is 19.3 Å². The van der Waals surface area contributed by atoms with Crippen molar-refractivity contribution in [2.75, 3.05) is 39.9 Å². The lowest BCUT2D eigenvalue weighted by Gasteiger charge is -2.22. The lowest BCUT2D eigenvalue weighted by molar-refractivity contribution is -0.131. The van der Waals surface area contributed by atoms with Crippen molar-refractivity contribution in [3.8, 4) is 11.5 Å². The molecule has 7 heteroatoms. The topological polar surface area (TPSA) is 72.0 Å². The number of carbonyl (C=O) groups is 2. The van der Waals surface area contributed by atoms with Crippen LogP contribution in [-0.4, -0.2) is 66.5 Å². The minimum atomic E-state index is -0.0288. The molecule has 0 N–H and O–H groups in total. The lowest BCUT2D eigenvalue weighted by Crippen LogP contribution is -2.37. The second kappa shape index (κ2) is 10.6. The number of amides is 2. The van der Waals surface area contributed by atoms with Crippen LogP contribution in [0.15, 0.2) is 42.7 Å². The molecule has 2 heterocycles. The zero-order valence-corrected chi connectivity index (χ0v) is 17.7. The molecule has 0 unspecified atom stereocenters. The second-order valence-corrected chi connectivity index (χ2v) is 7.19. The third-order valence-corrected chi connectivity index (χ3v) is 5.20. The van der Waals surface area contributed by atoms with Gasteiger partial charge in [0.2, 0.25) is 5.91 Å². The Morgan fingerprint density at radius 3 is 2.60 bits per heavy atom. The molecular formula is C23H29N3O4. The van der Waals surface area contributed by atoms with Crippen LogP contribution in [0.1, 0.15) is 35.7 Å². The Morgan fingerprint density at radius 2 is 1.87 bits per heavy atom. The summed E-state index contributed by atoms with van der Waals surface area (Å²) in [7, 11) is 1.61. The number of pyridine rings is 1. The quantitative estimate of drug-likeness (QED) is 0.701. The fourth-order valence-corrected chi connectivity index (χ4v) is 3.59. The predicted octanol–water partition coefficient (Wildman–Crippen LogP) is 2.80. The van der Waals surface area contributed by atoms with E-state index < -0.39 is 0 Å². The van der Waals surface area contributed by atoms with E-state index >= 15 is 0 Å². The summed E-state index contributed by atoms with van der Waals surface area (Å²) in [6.07, 6.45) is 5.07. The molecule has 2 amide bonds. The lowest BCUT2D eigenvalue weighted by atomic mass is 10.1. The Morgan fingerprint density at radius 1 is 1.07 bits per heavy atom. The van der Waals surface area contributed by atoms with Crippen molar-refractivity contribution in [2.45, 2.75) is 26.2 Å². The van der Waals surface area contributed by atoms with E-state index in [4.69, 9.17) is 9.47 Å². The van der Waals surface area contributed by atoms with Crippen LogP contribution in [0.3, 0.4) is 0 Å². The second-order valence-electron chi connectivity index (χ2n) is 7.19. The van der Waals surface area contributed by atoms with Crippen molar-refractivity contribution in [2.24, 2.45) is 0 Å². The Kier molecular flexibility index (Phi) is 7.65. The van der Waals surface area contributed by atoms with Gasteiger partial charge in [0.15, 0.2) is 11.5 Å². The van der Waals surface area contributed by atoms with Gasteiger partial charge in [-0.05, 0) is 49.6 Å². The van der Waals surface area contributed by atoms with Crippen LogP contribution in [0, 0.1) is 0 Å². The van der Waals surface area contributed by atoms with E-state index in [1.54, 1.807) is 31.6 Å². The van der Waals surface area contributed by atoms with Crippen LogP contribution in [0.25, 0.3) is 0 Å². The fourth-order valence-electron chi connectivity index (χ4n) is 3.59. The molecule has 0 aliphatic carbocycles. The molecular weight excluding hydrogens is 382 g/mol. The van der Waals surface area contributed by atoms with E-state index in [1.807, 2.05) is 34.9 Å². The molecule has 0 radical (unpaired) electrons. The summed E-state index contributed by atoms with van der Waals surface area (Å²) in [5, 5.41) is 0. The highest BCUT2D eigenvalue weighted by atomic mass is 16.5. The molecule has 1 aliphatic heterocycles. The molecule has 0 bridgehead atoms. The van der Waals surface area contributed by atoms with Gasteiger partial charge in [-0.1, -0.05) is 6.07 Å². The number of hydrogen-bond acceptors (Lipinski definition) is 5. The summed E-state index contributed by atoms with van der Waals surface area (Å²) in [4.78, 5) is 33.1. The maximum absolute atomic E-state index is 12.8. The first-order valence-electron chi connectivity index (χ1n) is 10.4. The monoisotopic (exact) mass is 411 g/mol. The number of rotatable bonds is 7. The number of nitrogens with zero attached hydrogens (tertiary/aromatic N) is 3. The van der Waals surface area contributed by atoms with Crippen molar-refractivity contribution in [1.29, 1.82) is 0 Å². The van der Waals surface area contributed by atoms with Crippen LogP contribution in [0.2, 0.25) is 0 Å². The first kappa shape index (κ1) is 21.6. The normalized spacial score (nSPS) is 14.2. The molecule has 0 saturated carbocycles. The Balaban J connectivity index is 1.53. The number of methoxy groups -OCH3 is 1. The van der Waals surface area contributed by atoms with Crippen LogP contribution in [0.5, 0.6) is 11.5 Å². The van der Waals surface area contributed by atoms with E-state index in [-0.39, 0.29) is 11.8 Å². The van der Waals surface area contributed by atoms with Crippen LogP contribution < -0.4 is 9.47 Å². The molecule has 1 fully saturated rings. The largest absolute Gasteiger partial charge is 0.493 e. The van der Waals surface area contributed by atoms with Crippen LogP contribution >= 0.6 is 0 Å². The van der Waals surface area contributed by atoms with Crippen LogP contribution in [0.4, 0.5) is 0 Å². The molecule has 1 aromatic carbocycles. The minimum absolute atomic E-state index is 0.0288. The van der Waals surface area contributed by atoms with E-state index in [0.717, 1.165) is 12.0 Å². The molecule has 2 aromatic rings. The van der Waals surface area contributed by atoms with E-state index in [1.165, 1.54) is 0 Å². The molecule has 1 aromatic heterocycles. The molecule has 1 saturated heterocycles. The molecule has 30 heavy (non-hydrogen) atoms. The molecule has 3 rings (SSSR count). The summed E-state index contributed by atoms with van der Waals surface area (Å²) in [5.74, 6) is 1.47. The van der Waals surface area contributed by atoms with Gasteiger partial charge in [0, 0.05) is 45.0 Å². The van der Waals surface area contributed by atoms with Crippen molar-refractivity contribution in [3.05, 3.63) is 53.9 Å². The average Bonchev–Trinajstić information content (AvgIpc) is 3.05. The van der Waals surface area contributed by atoms with Gasteiger partial charge in [0.1, 0.15) is 0 Å². The van der Waals surface area contributed by atoms with Gasteiger partial charge in [-0.3, -0.25) is 14.6 Å². The number of hydrogen-bond donors (Lipinski definition) is 0. The smallest absolute Gasteiger partial charge is 0.255 e. The number of aromatic nitrogens is 1. The first-order chi connectivity index (χ1) is 14.6. The highest BCUT2D eigenvalue weighted by Crippen LogP contribution is 2.28. The van der Waals surface area contributed by atoms with E-state index in [2.05, 4.69) is 4.98 Å². The SMILES string of the molecule is CCOc1ccc(CCC(=O)N2CCCN(C(=O)c3cccnc3)CC2)cc1OC. The van der Waals surface area contributed by atoms with Crippen molar-refractivity contribution in [3.63, 3.8) is 0 Å². The van der Waals surface area contributed by atoms with E-state index in [0.29, 0.717) is 62.7 Å². The van der Waals surface area contributed by atoms with Gasteiger partial charge in [-0.25, -0.2) is 0 Å². The standard InChI is InChI=1S/C23H29N3O4/c1-3-30-20-9-7-18(16-21(20)29-2)8-10-22(27)25-12-5-13-26(15-14-25)23(28)19-6-4-11-24-17-19/h4,6-7,9,11,16-17H,3,5,8,10,12-15H2,1-2H3. The van der Waals surface area contributed by atoms with Gasteiger partial charge in [0.05, 0.1) is 19.3 Å². The summed E-state index contributed by atoms with van der Waals surface area (Å²) in [6, 6.07) is 9.31. The van der Waals surface area contributed by atoms with Gasteiger partial charge in [-0.2, -0.15) is 0 Å². The van der Waals surface area contributed by atoms with Gasteiger partial charge in [0.25, 0.3) is 5.91 Å². The highest BCUT2D eigenvalue weighted by molar-refractivity contribution is 5.94. The molecule has 1 aliphatic rings. The Labute approximate surface area is 177 Å². The molecule has 0 atom stereocenters. The summed E-state index contributed by atoms with van der Waals surface area (Å²) < 4.78 is 10.9. The van der Waals surface area contributed by atoms with Crippen molar-refractivity contribution < 1.29 is 19.1 Å².